The Balaban J connectivity index is 2.01. The third-order valence-electron chi connectivity index (χ3n) is 3.79. The minimum Gasteiger partial charge on any atom is -0.296 e. The van der Waals surface area contributed by atoms with E-state index in [0.717, 1.165) is 0 Å². The first-order valence-electron chi connectivity index (χ1n) is 7.22. The minimum absolute atomic E-state index is 0.133. The summed E-state index contributed by atoms with van der Waals surface area (Å²) in [4.78, 5) is 11.9. The highest BCUT2D eigenvalue weighted by Crippen LogP contribution is 2.31. The molecule has 4 nitrogen and oxygen atoms in total. The van der Waals surface area contributed by atoms with Crippen LogP contribution in [0.25, 0.3) is 0 Å². The summed E-state index contributed by atoms with van der Waals surface area (Å²) in [5.41, 5.74) is 0.926. The predicted molar refractivity (Wildman–Crippen MR) is 85.2 cm³/mol. The molecular formula is C17H13ClF2N2O2. The smallest absolute Gasteiger partial charge is 0.296 e. The molecule has 0 N–H and O–H groups in total. The monoisotopic (exact) mass is 350 g/mol. The van der Waals surface area contributed by atoms with E-state index in [-0.39, 0.29) is 28.8 Å². The number of nitrogens with zero attached hydrogens (tertiary/aromatic N) is 2. The van der Waals surface area contributed by atoms with Gasteiger partial charge in [-0.2, -0.15) is 0 Å². The van der Waals surface area contributed by atoms with Crippen molar-refractivity contribution in [2.45, 2.75) is 19.4 Å². The van der Waals surface area contributed by atoms with E-state index in [4.69, 9.17) is 16.1 Å². The highest BCUT2D eigenvalue weighted by Gasteiger charge is 2.23. The summed E-state index contributed by atoms with van der Waals surface area (Å²) in [6, 6.07) is 10.1. The molecule has 0 saturated carbocycles. The summed E-state index contributed by atoms with van der Waals surface area (Å²) >= 11 is 6.08. The largest absolute Gasteiger partial charge is 0.441 e. The van der Waals surface area contributed by atoms with E-state index in [2.05, 4.69) is 5.16 Å². The minimum atomic E-state index is -0.673. The Morgan fingerprint density at radius 1 is 1.21 bits per heavy atom. The topological polar surface area (TPSA) is 48.0 Å². The summed E-state index contributed by atoms with van der Waals surface area (Å²) in [6.07, 6.45) is 0. The van der Waals surface area contributed by atoms with Crippen LogP contribution < -0.4 is 5.76 Å². The molecule has 124 valence electrons. The first-order chi connectivity index (χ1) is 11.5. The van der Waals surface area contributed by atoms with Crippen LogP contribution >= 0.6 is 11.6 Å². The standard InChI is InChI=1S/C17H13ClF2N2O2/c1-10(15-13(18)3-2-4-14(15)20)16-21-24-17(23)22(16)9-11-5-7-12(19)8-6-11/h2-8,10H,9H2,1H3. The van der Waals surface area contributed by atoms with Gasteiger partial charge in [0.1, 0.15) is 11.6 Å². The molecule has 3 rings (SSSR count). The van der Waals surface area contributed by atoms with Gasteiger partial charge in [-0.1, -0.05) is 41.9 Å². The second-order valence-electron chi connectivity index (χ2n) is 5.38. The molecule has 0 bridgehead atoms. The zero-order valence-electron chi connectivity index (χ0n) is 12.7. The molecule has 0 amide bonds. The van der Waals surface area contributed by atoms with Gasteiger partial charge in [0.2, 0.25) is 0 Å². The lowest BCUT2D eigenvalue weighted by Gasteiger charge is -2.14. The van der Waals surface area contributed by atoms with Gasteiger partial charge in [-0.25, -0.2) is 13.6 Å². The third-order valence-corrected chi connectivity index (χ3v) is 4.12. The normalized spacial score (nSPS) is 12.3. The number of hydrogen-bond donors (Lipinski definition) is 0. The second-order valence-corrected chi connectivity index (χ2v) is 5.78. The molecule has 0 aliphatic carbocycles. The van der Waals surface area contributed by atoms with E-state index < -0.39 is 17.5 Å². The Morgan fingerprint density at radius 3 is 2.58 bits per heavy atom. The first kappa shape index (κ1) is 16.4. The molecule has 1 aromatic heterocycles. The van der Waals surface area contributed by atoms with Gasteiger partial charge < -0.3 is 0 Å². The van der Waals surface area contributed by atoms with E-state index in [1.54, 1.807) is 25.1 Å². The van der Waals surface area contributed by atoms with E-state index in [0.29, 0.717) is 5.56 Å². The maximum atomic E-state index is 14.1. The highest BCUT2D eigenvalue weighted by atomic mass is 35.5. The van der Waals surface area contributed by atoms with Crippen molar-refractivity contribution in [1.29, 1.82) is 0 Å². The molecule has 3 aromatic rings. The molecule has 0 saturated heterocycles. The molecular weight excluding hydrogens is 338 g/mol. The van der Waals surface area contributed by atoms with Crippen LogP contribution in [0.2, 0.25) is 5.02 Å². The van der Waals surface area contributed by atoms with Gasteiger partial charge in [-0.3, -0.25) is 9.09 Å². The molecule has 7 heteroatoms. The summed E-state index contributed by atoms with van der Waals surface area (Å²) in [5, 5.41) is 4.01. The van der Waals surface area contributed by atoms with Gasteiger partial charge in [-0.05, 0) is 29.8 Å². The van der Waals surface area contributed by atoms with Gasteiger partial charge in [-0.15, -0.1) is 0 Å². The van der Waals surface area contributed by atoms with Crippen LogP contribution in [0.4, 0.5) is 8.78 Å². The fourth-order valence-corrected chi connectivity index (χ4v) is 2.89. The Bertz CT molecular complexity index is 899. The molecule has 1 atom stereocenters. The summed E-state index contributed by atoms with van der Waals surface area (Å²) in [7, 11) is 0. The zero-order chi connectivity index (χ0) is 17.3. The number of hydrogen-bond acceptors (Lipinski definition) is 3. The van der Waals surface area contributed by atoms with Crippen LogP contribution in [0.5, 0.6) is 0 Å². The van der Waals surface area contributed by atoms with Crippen LogP contribution in [0.1, 0.15) is 29.8 Å². The molecule has 0 aliphatic rings. The van der Waals surface area contributed by atoms with E-state index in [1.165, 1.54) is 28.8 Å². The van der Waals surface area contributed by atoms with Crippen LogP contribution in [0, 0.1) is 11.6 Å². The lowest BCUT2D eigenvalue weighted by molar-refractivity contribution is 0.373. The lowest BCUT2D eigenvalue weighted by atomic mass is 9.99. The number of halogens is 3. The molecule has 2 aromatic carbocycles. The fourth-order valence-electron chi connectivity index (χ4n) is 2.56. The van der Waals surface area contributed by atoms with E-state index in [1.807, 2.05) is 0 Å². The molecule has 0 fully saturated rings. The number of benzene rings is 2. The maximum absolute atomic E-state index is 14.1. The van der Waals surface area contributed by atoms with Crippen molar-refractivity contribution in [2.75, 3.05) is 0 Å². The zero-order valence-corrected chi connectivity index (χ0v) is 13.4. The maximum Gasteiger partial charge on any atom is 0.441 e. The molecule has 0 radical (unpaired) electrons. The van der Waals surface area contributed by atoms with Crippen LogP contribution in [0.3, 0.4) is 0 Å². The van der Waals surface area contributed by atoms with Gasteiger partial charge in [0.05, 0.1) is 6.54 Å². The number of aromatic nitrogens is 2. The van der Waals surface area contributed by atoms with Crippen LogP contribution in [-0.2, 0) is 6.54 Å². The quantitative estimate of drug-likeness (QED) is 0.715. The molecule has 1 unspecified atom stereocenters. The van der Waals surface area contributed by atoms with E-state index >= 15 is 0 Å². The second kappa shape index (κ2) is 6.57. The van der Waals surface area contributed by atoms with Crippen molar-refractivity contribution < 1.29 is 13.3 Å². The van der Waals surface area contributed by atoms with Crippen molar-refractivity contribution in [2.24, 2.45) is 0 Å². The van der Waals surface area contributed by atoms with Gasteiger partial charge >= 0.3 is 5.76 Å². The summed E-state index contributed by atoms with van der Waals surface area (Å²) in [5.74, 6) is -1.88. The number of rotatable bonds is 4. The van der Waals surface area contributed by atoms with Crippen molar-refractivity contribution in [3.8, 4) is 0 Å². The van der Waals surface area contributed by atoms with Gasteiger partial charge in [0.15, 0.2) is 5.82 Å². The van der Waals surface area contributed by atoms with Gasteiger partial charge in [0.25, 0.3) is 0 Å². The molecule has 1 heterocycles. The van der Waals surface area contributed by atoms with Crippen molar-refractivity contribution in [1.82, 2.24) is 9.72 Å². The molecule has 0 spiro atoms. The highest BCUT2D eigenvalue weighted by molar-refractivity contribution is 6.31. The Hall–Kier alpha value is -2.47. The van der Waals surface area contributed by atoms with Gasteiger partial charge in [0, 0.05) is 16.5 Å². The average molecular weight is 351 g/mol. The first-order valence-corrected chi connectivity index (χ1v) is 7.60. The van der Waals surface area contributed by atoms with Crippen molar-refractivity contribution >= 4 is 11.6 Å². The Labute approximate surface area is 141 Å². The third kappa shape index (κ3) is 3.10. The Morgan fingerprint density at radius 2 is 1.92 bits per heavy atom. The predicted octanol–water partition coefficient (Wildman–Crippen LogP) is 3.97. The van der Waals surface area contributed by atoms with E-state index in [9.17, 15) is 13.6 Å². The Kier molecular flexibility index (Phi) is 4.49. The average Bonchev–Trinajstić information content (AvgIpc) is 2.90. The van der Waals surface area contributed by atoms with Crippen LogP contribution in [-0.4, -0.2) is 9.72 Å². The van der Waals surface area contributed by atoms with Crippen LogP contribution in [0.15, 0.2) is 51.8 Å². The molecule has 24 heavy (non-hydrogen) atoms. The van der Waals surface area contributed by atoms with Crippen molar-refractivity contribution in [3.63, 3.8) is 0 Å². The summed E-state index contributed by atoms with van der Waals surface area (Å²) < 4.78 is 33.1. The fraction of sp³-hybridized carbons (Fsp3) is 0.176. The SMILES string of the molecule is CC(c1c(F)cccc1Cl)c1noc(=O)n1Cc1ccc(F)cc1. The lowest BCUT2D eigenvalue weighted by Crippen LogP contribution is -2.20. The summed E-state index contributed by atoms with van der Waals surface area (Å²) in [6.45, 7) is 1.82. The van der Waals surface area contributed by atoms with Crippen molar-refractivity contribution in [3.05, 3.63) is 86.6 Å². The molecule has 0 aliphatic heterocycles.